The van der Waals surface area contributed by atoms with Crippen LogP contribution in [0, 0.1) is 6.92 Å². The Morgan fingerprint density at radius 2 is 2.20 bits per heavy atom. The molecule has 1 aromatic carbocycles. The van der Waals surface area contributed by atoms with Crippen LogP contribution in [0.25, 0.3) is 11.3 Å². The number of nitrogens with one attached hydrogen (secondary N) is 1. The van der Waals surface area contributed by atoms with Gasteiger partial charge in [0.05, 0.1) is 18.8 Å². The van der Waals surface area contributed by atoms with Gasteiger partial charge in [0.1, 0.15) is 11.4 Å². The van der Waals surface area contributed by atoms with Gasteiger partial charge in [-0.1, -0.05) is 23.4 Å². The fourth-order valence-corrected chi connectivity index (χ4v) is 2.98. The first kappa shape index (κ1) is 15.4. The molecule has 1 N–H and O–H groups in total. The minimum Gasteiger partial charge on any atom is -0.493 e. The highest BCUT2D eigenvalue weighted by atomic mass is 16.5. The van der Waals surface area contributed by atoms with Gasteiger partial charge in [0.15, 0.2) is 0 Å². The van der Waals surface area contributed by atoms with Gasteiger partial charge in [0.2, 0.25) is 5.76 Å². The van der Waals surface area contributed by atoms with Crippen molar-refractivity contribution in [2.45, 2.75) is 19.4 Å². The molecule has 1 amide bonds. The van der Waals surface area contributed by atoms with Gasteiger partial charge in [-0.2, -0.15) is 5.10 Å². The van der Waals surface area contributed by atoms with E-state index in [1.165, 1.54) is 0 Å². The summed E-state index contributed by atoms with van der Waals surface area (Å²) >= 11 is 0. The van der Waals surface area contributed by atoms with Crippen LogP contribution in [-0.4, -0.2) is 27.5 Å². The van der Waals surface area contributed by atoms with E-state index in [1.54, 1.807) is 16.9 Å². The van der Waals surface area contributed by atoms with Crippen molar-refractivity contribution in [3.05, 3.63) is 53.5 Å². The topological polar surface area (TPSA) is 82.2 Å². The second-order valence-corrected chi connectivity index (χ2v) is 6.04. The summed E-state index contributed by atoms with van der Waals surface area (Å²) in [7, 11) is 1.86. The summed E-state index contributed by atoms with van der Waals surface area (Å²) in [5.74, 6) is 0.701. The summed E-state index contributed by atoms with van der Waals surface area (Å²) in [5.41, 5.74) is 3.38. The van der Waals surface area contributed by atoms with Crippen molar-refractivity contribution < 1.29 is 14.1 Å². The van der Waals surface area contributed by atoms with Crippen molar-refractivity contribution in [3.63, 3.8) is 0 Å². The van der Waals surface area contributed by atoms with Crippen molar-refractivity contribution in [2.75, 3.05) is 6.61 Å². The van der Waals surface area contributed by atoms with Gasteiger partial charge in [-0.3, -0.25) is 9.48 Å². The average Bonchev–Trinajstić information content (AvgIpc) is 3.23. The van der Waals surface area contributed by atoms with Gasteiger partial charge in [0.25, 0.3) is 5.91 Å². The van der Waals surface area contributed by atoms with E-state index in [-0.39, 0.29) is 17.7 Å². The van der Waals surface area contributed by atoms with Crippen molar-refractivity contribution in [2.24, 2.45) is 7.05 Å². The number of benzene rings is 1. The standard InChI is InChI=1S/C18H18N4O3/c1-11-13(10-19-22(11)2)15-9-17(25-21-15)18(23)20-14-7-8-24-16-6-4-3-5-12(14)16/h3-6,9-10,14H,7-8H2,1-2H3,(H,20,23). The zero-order valence-electron chi connectivity index (χ0n) is 14.0. The second kappa shape index (κ2) is 6.08. The van der Waals surface area contributed by atoms with E-state index in [2.05, 4.69) is 15.6 Å². The minimum absolute atomic E-state index is 0.105. The Hall–Kier alpha value is -3.09. The Morgan fingerprint density at radius 3 is 3.00 bits per heavy atom. The van der Waals surface area contributed by atoms with E-state index in [1.807, 2.05) is 38.2 Å². The van der Waals surface area contributed by atoms with Crippen LogP contribution in [0.5, 0.6) is 5.75 Å². The van der Waals surface area contributed by atoms with E-state index in [0.717, 1.165) is 22.6 Å². The average molecular weight is 338 g/mol. The summed E-state index contributed by atoms with van der Waals surface area (Å²) in [6.07, 6.45) is 2.43. The highest BCUT2D eigenvalue weighted by molar-refractivity contribution is 5.92. The minimum atomic E-state index is -0.290. The number of fused-ring (bicyclic) bond motifs is 1. The van der Waals surface area contributed by atoms with Crippen molar-refractivity contribution >= 4 is 5.91 Å². The van der Waals surface area contributed by atoms with Gasteiger partial charge in [-0.15, -0.1) is 0 Å². The van der Waals surface area contributed by atoms with E-state index in [9.17, 15) is 4.79 Å². The molecule has 0 radical (unpaired) electrons. The van der Waals surface area contributed by atoms with E-state index >= 15 is 0 Å². The Kier molecular flexibility index (Phi) is 3.76. The van der Waals surface area contributed by atoms with Crippen LogP contribution < -0.4 is 10.1 Å². The van der Waals surface area contributed by atoms with Crippen LogP contribution in [0.3, 0.4) is 0 Å². The third kappa shape index (κ3) is 2.77. The first-order valence-electron chi connectivity index (χ1n) is 8.12. The summed E-state index contributed by atoms with van der Waals surface area (Å²) in [4.78, 5) is 12.6. The van der Waals surface area contributed by atoms with Crippen LogP contribution in [0.15, 0.2) is 41.1 Å². The van der Waals surface area contributed by atoms with Gasteiger partial charge >= 0.3 is 0 Å². The first-order valence-corrected chi connectivity index (χ1v) is 8.12. The maximum absolute atomic E-state index is 12.6. The molecule has 0 fully saturated rings. The number of carbonyl (C=O) groups is 1. The molecule has 7 nitrogen and oxygen atoms in total. The maximum atomic E-state index is 12.6. The van der Waals surface area contributed by atoms with Crippen LogP contribution in [0.1, 0.15) is 34.3 Å². The van der Waals surface area contributed by atoms with Gasteiger partial charge in [-0.25, -0.2) is 0 Å². The van der Waals surface area contributed by atoms with E-state index < -0.39 is 0 Å². The fourth-order valence-electron chi connectivity index (χ4n) is 2.98. The molecule has 0 saturated carbocycles. The molecule has 1 aliphatic heterocycles. The third-order valence-electron chi connectivity index (χ3n) is 4.51. The van der Waals surface area contributed by atoms with Crippen molar-refractivity contribution in [1.29, 1.82) is 0 Å². The van der Waals surface area contributed by atoms with Crippen molar-refractivity contribution in [3.8, 4) is 17.0 Å². The van der Waals surface area contributed by atoms with Crippen molar-refractivity contribution in [1.82, 2.24) is 20.3 Å². The summed E-state index contributed by atoms with van der Waals surface area (Å²) in [6.45, 7) is 2.51. The smallest absolute Gasteiger partial charge is 0.290 e. The van der Waals surface area contributed by atoms with E-state index in [0.29, 0.717) is 18.7 Å². The molecular weight excluding hydrogens is 320 g/mol. The summed E-state index contributed by atoms with van der Waals surface area (Å²) < 4.78 is 12.6. The number of nitrogens with zero attached hydrogens (tertiary/aromatic N) is 3. The fraction of sp³-hybridized carbons (Fsp3) is 0.278. The Labute approximate surface area is 144 Å². The van der Waals surface area contributed by atoms with Gasteiger partial charge in [-0.05, 0) is 13.0 Å². The van der Waals surface area contributed by atoms with Crippen LogP contribution in [0.4, 0.5) is 0 Å². The number of aryl methyl sites for hydroxylation is 1. The van der Waals surface area contributed by atoms with Crippen LogP contribution in [-0.2, 0) is 7.05 Å². The number of ether oxygens (including phenoxy) is 1. The molecular formula is C18H18N4O3. The number of hydrogen-bond acceptors (Lipinski definition) is 5. The molecule has 0 spiro atoms. The SMILES string of the molecule is Cc1c(-c2cc(C(=O)NC3CCOc4ccccc43)on2)cnn1C. The highest BCUT2D eigenvalue weighted by Gasteiger charge is 2.25. The zero-order valence-corrected chi connectivity index (χ0v) is 14.0. The molecule has 0 bridgehead atoms. The lowest BCUT2D eigenvalue weighted by Gasteiger charge is -2.26. The number of hydrogen-bond donors (Lipinski definition) is 1. The largest absolute Gasteiger partial charge is 0.493 e. The Balaban J connectivity index is 1.54. The molecule has 7 heteroatoms. The quantitative estimate of drug-likeness (QED) is 0.794. The maximum Gasteiger partial charge on any atom is 0.290 e. The van der Waals surface area contributed by atoms with Crippen LogP contribution >= 0.6 is 0 Å². The first-order chi connectivity index (χ1) is 12.1. The number of carbonyl (C=O) groups excluding carboxylic acids is 1. The second-order valence-electron chi connectivity index (χ2n) is 6.04. The summed E-state index contributed by atoms with van der Waals surface area (Å²) in [5, 5.41) is 11.2. The normalized spacial score (nSPS) is 16.2. The molecule has 0 saturated heterocycles. The molecule has 2 aromatic heterocycles. The van der Waals surface area contributed by atoms with Gasteiger partial charge in [0, 0.05) is 36.4 Å². The predicted octanol–water partition coefficient (Wildman–Crippen LogP) is 2.64. The lowest BCUT2D eigenvalue weighted by Crippen LogP contribution is -2.31. The molecule has 128 valence electrons. The molecule has 0 aliphatic carbocycles. The lowest BCUT2D eigenvalue weighted by atomic mass is 10.0. The predicted molar refractivity (Wildman–Crippen MR) is 90.2 cm³/mol. The molecule has 3 aromatic rings. The zero-order chi connectivity index (χ0) is 17.4. The number of rotatable bonds is 3. The number of aromatic nitrogens is 3. The van der Waals surface area contributed by atoms with Crippen LogP contribution in [0.2, 0.25) is 0 Å². The van der Waals surface area contributed by atoms with E-state index in [4.69, 9.17) is 9.26 Å². The molecule has 3 heterocycles. The molecule has 1 atom stereocenters. The monoisotopic (exact) mass is 338 g/mol. The Morgan fingerprint density at radius 1 is 1.36 bits per heavy atom. The third-order valence-corrected chi connectivity index (χ3v) is 4.51. The Bertz CT molecular complexity index is 928. The van der Waals surface area contributed by atoms with Gasteiger partial charge < -0.3 is 14.6 Å². The molecule has 1 aliphatic rings. The molecule has 25 heavy (non-hydrogen) atoms. The lowest BCUT2D eigenvalue weighted by molar-refractivity contribution is 0.0887. The molecule has 1 unspecified atom stereocenters. The summed E-state index contributed by atoms with van der Waals surface area (Å²) in [6, 6.07) is 9.26. The number of amides is 1. The number of para-hydroxylation sites is 1. The molecule has 4 rings (SSSR count). The highest BCUT2D eigenvalue weighted by Crippen LogP contribution is 2.32.